The highest BCUT2D eigenvalue weighted by molar-refractivity contribution is 5.76. The molecule has 0 aromatic carbocycles. The van der Waals surface area contributed by atoms with Gasteiger partial charge in [-0.25, -0.2) is 9.67 Å². The topological polar surface area (TPSA) is 73.0 Å². The van der Waals surface area contributed by atoms with Gasteiger partial charge in [0, 0.05) is 25.6 Å². The zero-order valence-electron chi connectivity index (χ0n) is 15.5. The van der Waals surface area contributed by atoms with E-state index in [1.54, 1.807) is 10.9 Å². The van der Waals surface area contributed by atoms with Crippen molar-refractivity contribution in [2.75, 3.05) is 6.54 Å². The molecule has 0 saturated carbocycles. The molecule has 1 saturated heterocycles. The average Bonchev–Trinajstić information content (AvgIpc) is 2.99. The van der Waals surface area contributed by atoms with E-state index in [1.165, 1.54) is 17.3 Å². The van der Waals surface area contributed by atoms with Gasteiger partial charge in [-0.05, 0) is 47.0 Å². The number of fused-ring (bicyclic) bond motifs is 1. The lowest BCUT2D eigenvalue weighted by atomic mass is 10.0. The van der Waals surface area contributed by atoms with Gasteiger partial charge in [-0.2, -0.15) is 5.10 Å². The van der Waals surface area contributed by atoms with Crippen molar-refractivity contribution in [1.29, 1.82) is 0 Å². The maximum atomic E-state index is 12.7. The molecular weight excluding hydrogens is 318 g/mol. The molecule has 1 unspecified atom stereocenters. The molecule has 1 fully saturated rings. The van der Waals surface area contributed by atoms with E-state index in [2.05, 4.69) is 17.0 Å². The van der Waals surface area contributed by atoms with E-state index in [-0.39, 0.29) is 17.0 Å². The van der Waals surface area contributed by atoms with Gasteiger partial charge in [-0.15, -0.1) is 0 Å². The third kappa shape index (κ3) is 3.45. The maximum absolute atomic E-state index is 12.7. The number of amides is 1. The molecule has 1 amide bonds. The van der Waals surface area contributed by atoms with Crippen molar-refractivity contribution in [2.45, 2.75) is 71.5 Å². The number of nitrogens with zero attached hydrogens (tertiary/aromatic N) is 5. The minimum absolute atomic E-state index is 0.115. The van der Waals surface area contributed by atoms with Crippen LogP contribution in [0.1, 0.15) is 53.4 Å². The summed E-state index contributed by atoms with van der Waals surface area (Å²) in [5.41, 5.74) is 0.206. The Labute approximate surface area is 147 Å². The number of hydrogen-bond donors (Lipinski definition) is 0. The van der Waals surface area contributed by atoms with Crippen molar-refractivity contribution >= 4 is 16.9 Å². The van der Waals surface area contributed by atoms with E-state index >= 15 is 0 Å². The fraction of sp³-hybridized carbons (Fsp3) is 0.667. The summed E-state index contributed by atoms with van der Waals surface area (Å²) in [6.45, 7) is 9.33. The second-order valence-corrected chi connectivity index (χ2v) is 7.89. The van der Waals surface area contributed by atoms with E-state index in [1.807, 2.05) is 25.7 Å². The van der Waals surface area contributed by atoms with E-state index in [0.717, 1.165) is 19.4 Å². The Kier molecular flexibility index (Phi) is 4.67. The predicted octanol–water partition coefficient (Wildman–Crippen LogP) is 2.14. The van der Waals surface area contributed by atoms with Crippen LogP contribution in [0, 0.1) is 0 Å². The summed E-state index contributed by atoms with van der Waals surface area (Å²) < 4.78 is 3.28. The molecule has 0 aliphatic carbocycles. The van der Waals surface area contributed by atoms with E-state index in [4.69, 9.17) is 0 Å². The van der Waals surface area contributed by atoms with Gasteiger partial charge in [0.25, 0.3) is 5.56 Å². The Morgan fingerprint density at radius 3 is 2.76 bits per heavy atom. The number of hydrogen-bond acceptors (Lipinski definition) is 4. The second-order valence-electron chi connectivity index (χ2n) is 7.89. The van der Waals surface area contributed by atoms with Crippen LogP contribution < -0.4 is 5.56 Å². The highest BCUT2D eigenvalue weighted by atomic mass is 16.2. The number of carbonyl (C=O) groups excluding carboxylic acids is 1. The van der Waals surface area contributed by atoms with Crippen molar-refractivity contribution in [1.82, 2.24) is 24.2 Å². The molecule has 0 radical (unpaired) electrons. The van der Waals surface area contributed by atoms with Crippen molar-refractivity contribution in [3.05, 3.63) is 22.9 Å². The zero-order chi connectivity index (χ0) is 18.2. The molecule has 7 heteroatoms. The van der Waals surface area contributed by atoms with Crippen LogP contribution in [0.5, 0.6) is 0 Å². The molecule has 0 spiro atoms. The van der Waals surface area contributed by atoms with Gasteiger partial charge in [0.1, 0.15) is 5.39 Å². The molecule has 136 valence electrons. The van der Waals surface area contributed by atoms with Gasteiger partial charge in [0.15, 0.2) is 5.65 Å². The number of piperidine rings is 1. The first-order chi connectivity index (χ1) is 11.8. The second kappa shape index (κ2) is 6.61. The summed E-state index contributed by atoms with van der Waals surface area (Å²) in [6.07, 6.45) is 6.73. The van der Waals surface area contributed by atoms with Crippen molar-refractivity contribution in [3.8, 4) is 0 Å². The van der Waals surface area contributed by atoms with Crippen LogP contribution >= 0.6 is 0 Å². The van der Waals surface area contributed by atoms with Crippen LogP contribution in [0.4, 0.5) is 0 Å². The Bertz CT molecular complexity index is 830. The Morgan fingerprint density at radius 1 is 1.32 bits per heavy atom. The summed E-state index contributed by atoms with van der Waals surface area (Å²) in [4.78, 5) is 31.5. The molecule has 0 N–H and O–H groups in total. The molecule has 2 aromatic heterocycles. The molecule has 7 nitrogen and oxygen atoms in total. The predicted molar refractivity (Wildman–Crippen MR) is 96.4 cm³/mol. The zero-order valence-corrected chi connectivity index (χ0v) is 15.5. The van der Waals surface area contributed by atoms with Crippen LogP contribution in [0.3, 0.4) is 0 Å². The van der Waals surface area contributed by atoms with Crippen LogP contribution in [0.25, 0.3) is 11.0 Å². The van der Waals surface area contributed by atoms with Gasteiger partial charge in [0.2, 0.25) is 5.91 Å². The molecule has 3 heterocycles. The summed E-state index contributed by atoms with van der Waals surface area (Å²) in [5, 5.41) is 4.81. The summed E-state index contributed by atoms with van der Waals surface area (Å²) >= 11 is 0. The lowest BCUT2D eigenvalue weighted by molar-refractivity contribution is -0.134. The van der Waals surface area contributed by atoms with Crippen LogP contribution in [-0.2, 0) is 16.9 Å². The molecular formula is C18H27N5O2. The average molecular weight is 345 g/mol. The van der Waals surface area contributed by atoms with Crippen molar-refractivity contribution < 1.29 is 4.79 Å². The first-order valence-corrected chi connectivity index (χ1v) is 9.02. The quantitative estimate of drug-likeness (QED) is 0.854. The Morgan fingerprint density at radius 2 is 2.08 bits per heavy atom. The molecule has 25 heavy (non-hydrogen) atoms. The highest BCUT2D eigenvalue weighted by Crippen LogP contribution is 2.19. The van der Waals surface area contributed by atoms with Gasteiger partial charge in [-0.3, -0.25) is 14.2 Å². The van der Waals surface area contributed by atoms with Gasteiger partial charge < -0.3 is 4.90 Å². The third-order valence-electron chi connectivity index (χ3n) is 4.88. The largest absolute Gasteiger partial charge is 0.340 e. The first kappa shape index (κ1) is 17.6. The molecule has 1 aliphatic heterocycles. The molecule has 0 bridgehead atoms. The number of aryl methyl sites for hydroxylation is 1. The Hall–Kier alpha value is -2.18. The maximum Gasteiger partial charge on any atom is 0.264 e. The standard InChI is InChI=1S/C18H27N5O2/c1-13-7-5-6-9-22(13)15(24)8-10-21-12-19-16-14(17(21)25)11-20-23(16)18(2,3)4/h11-13H,5-10H2,1-4H3. The molecule has 3 rings (SSSR count). The van der Waals surface area contributed by atoms with Crippen LogP contribution in [0.2, 0.25) is 0 Å². The van der Waals surface area contributed by atoms with Gasteiger partial charge in [0.05, 0.1) is 18.1 Å². The van der Waals surface area contributed by atoms with Crippen molar-refractivity contribution in [2.24, 2.45) is 0 Å². The van der Waals surface area contributed by atoms with E-state index in [0.29, 0.717) is 30.0 Å². The van der Waals surface area contributed by atoms with Crippen LogP contribution in [-0.4, -0.2) is 42.7 Å². The smallest absolute Gasteiger partial charge is 0.264 e. The normalized spacial score (nSPS) is 18.7. The number of rotatable bonds is 3. The Balaban J connectivity index is 1.77. The van der Waals surface area contributed by atoms with Gasteiger partial charge in [-0.1, -0.05) is 0 Å². The highest BCUT2D eigenvalue weighted by Gasteiger charge is 2.23. The van der Waals surface area contributed by atoms with E-state index < -0.39 is 0 Å². The third-order valence-corrected chi connectivity index (χ3v) is 4.88. The fourth-order valence-electron chi connectivity index (χ4n) is 3.43. The number of carbonyl (C=O) groups is 1. The summed E-state index contributed by atoms with van der Waals surface area (Å²) in [5.74, 6) is 0.115. The van der Waals surface area contributed by atoms with E-state index in [9.17, 15) is 9.59 Å². The summed E-state index contributed by atoms with van der Waals surface area (Å²) in [6, 6.07) is 0.295. The monoisotopic (exact) mass is 345 g/mol. The van der Waals surface area contributed by atoms with Gasteiger partial charge >= 0.3 is 0 Å². The minimum atomic E-state index is -0.242. The lowest BCUT2D eigenvalue weighted by Gasteiger charge is -2.33. The minimum Gasteiger partial charge on any atom is -0.340 e. The summed E-state index contributed by atoms with van der Waals surface area (Å²) in [7, 11) is 0. The fourth-order valence-corrected chi connectivity index (χ4v) is 3.43. The molecule has 2 aromatic rings. The van der Waals surface area contributed by atoms with Crippen molar-refractivity contribution in [3.63, 3.8) is 0 Å². The number of likely N-dealkylation sites (tertiary alicyclic amines) is 1. The van der Waals surface area contributed by atoms with Crippen LogP contribution in [0.15, 0.2) is 17.3 Å². The molecule has 1 aliphatic rings. The number of aromatic nitrogens is 4. The first-order valence-electron chi connectivity index (χ1n) is 9.02. The lowest BCUT2D eigenvalue weighted by Crippen LogP contribution is -2.42. The SMILES string of the molecule is CC1CCCCN1C(=O)CCn1cnc2c(cnn2C(C)(C)C)c1=O. The molecule has 1 atom stereocenters.